The summed E-state index contributed by atoms with van der Waals surface area (Å²) in [5, 5.41) is 18.6. The third-order valence-corrected chi connectivity index (χ3v) is 16.2. The monoisotopic (exact) mass is 1440 g/mol. The summed E-state index contributed by atoms with van der Waals surface area (Å²) < 4.78 is 56.7. The van der Waals surface area contributed by atoms with Gasteiger partial charge in [-0.25, -0.2) is 4.79 Å². The van der Waals surface area contributed by atoms with Crippen molar-refractivity contribution < 1.29 is 67.2 Å². The number of aliphatic hydroxyl groups is 1. The van der Waals surface area contributed by atoms with E-state index < -0.39 is 10.7 Å². The summed E-state index contributed by atoms with van der Waals surface area (Å²) in [5.41, 5.74) is 8.58. The number of benzene rings is 4. The van der Waals surface area contributed by atoms with E-state index in [9.17, 15) is 19.5 Å². The summed E-state index contributed by atoms with van der Waals surface area (Å²) in [6.07, 6.45) is 2.69. The van der Waals surface area contributed by atoms with Crippen molar-refractivity contribution in [3.05, 3.63) is 117 Å². The second-order valence-corrected chi connectivity index (χ2v) is 34.2. The number of esters is 2. The summed E-state index contributed by atoms with van der Waals surface area (Å²) >= 11 is 6.54. The van der Waals surface area contributed by atoms with E-state index in [1.807, 2.05) is 32.9 Å². The number of aromatic hydroxyl groups is 1. The van der Waals surface area contributed by atoms with Crippen LogP contribution in [0.4, 0.5) is 0 Å². The number of ether oxygens (including phenoxy) is 9. The van der Waals surface area contributed by atoms with Crippen molar-refractivity contribution in [1.82, 2.24) is 0 Å². The topological polar surface area (TPSA) is 199 Å². The van der Waals surface area contributed by atoms with Gasteiger partial charge in [-0.1, -0.05) is 186 Å². The van der Waals surface area contributed by atoms with Crippen LogP contribution in [0.25, 0.3) is 0 Å². The molecule has 0 aromatic heterocycles. The van der Waals surface area contributed by atoms with Gasteiger partial charge in [0.05, 0.1) is 66.9 Å². The fourth-order valence-electron chi connectivity index (χ4n) is 9.51. The molecule has 101 heavy (non-hydrogen) atoms. The maximum absolute atomic E-state index is 12.1. The van der Waals surface area contributed by atoms with Gasteiger partial charge in [0, 0.05) is 89.9 Å². The predicted octanol–water partition coefficient (Wildman–Crippen LogP) is 20.1. The number of methoxy groups -OCH3 is 4. The van der Waals surface area contributed by atoms with E-state index in [0.29, 0.717) is 69.2 Å². The van der Waals surface area contributed by atoms with Gasteiger partial charge in [-0.2, -0.15) is 0 Å². The summed E-state index contributed by atoms with van der Waals surface area (Å²) in [7, 11) is 6.80. The second kappa shape index (κ2) is 42.7. The average molecular weight is 1440 g/mol. The Labute approximate surface area is 627 Å². The molecule has 0 aliphatic heterocycles. The molecule has 18 heteroatoms. The van der Waals surface area contributed by atoms with Crippen molar-refractivity contribution in [3.8, 4) is 46.0 Å². The minimum absolute atomic E-state index is 0. The molecule has 0 fully saturated rings. The first kappa shape index (κ1) is 99.2. The molecule has 4 aromatic rings. The molecule has 0 amide bonds. The number of phenolic OH excluding ortho intramolecular Hbond substituents is 1. The molecule has 0 unspecified atom stereocenters. The Kier molecular flexibility index (Phi) is 41.9. The van der Waals surface area contributed by atoms with Crippen LogP contribution in [0.1, 0.15) is 271 Å². The van der Waals surface area contributed by atoms with Crippen LogP contribution in [0.2, 0.25) is 0 Å². The van der Waals surface area contributed by atoms with Gasteiger partial charge in [0.15, 0.2) is 0 Å². The Balaban J connectivity index is -0.00000123. The molecule has 0 bridgehead atoms. The van der Waals surface area contributed by atoms with E-state index in [2.05, 4.69) is 216 Å². The zero-order valence-corrected chi connectivity index (χ0v) is 70.8. The van der Waals surface area contributed by atoms with Crippen LogP contribution in [0.3, 0.4) is 0 Å². The van der Waals surface area contributed by atoms with Gasteiger partial charge in [-0.05, 0) is 138 Å². The molecule has 4 radical (unpaired) electrons. The number of phenols is 1. The standard InChI is InChI=1S/C24H40O4.C22H34O4.C18H30O3.C15H24O2.C4H5ClO.Al.B.HN/c1-11-24(8,9)21(25)28-14-12-13-27-20-16-17(22(2,3)4)19(26-10)15-18(20)23(5,6)7;1-15(2)20(23)26-12-10-11-25-19-14-16(21(3,4)5)18(24-9)13-17(19)22(6,7)8;1-17(2,3)13-12-16(21-10-8-9-19)14(18(4,5)6)11-15(13)20-7;1-14(2,3)10-9-13(17-7)11(8-12(10)16)15(4,5)6;1-3(2)4(5)6;;;/h15-16H,11-14H2,1-10H3;13-14H,1,10-12H2,2-9H3;11-12,19H,8-10H2,1-7H3;8-9,16H,1-7H3;1H2,2H3;;;1H. The molecule has 3 N–H and O–H groups in total. The van der Waals surface area contributed by atoms with Crippen molar-refractivity contribution in [3.63, 3.8) is 0 Å². The van der Waals surface area contributed by atoms with Gasteiger partial charge in [-0.15, -0.1) is 0 Å². The third kappa shape index (κ3) is 34.4. The van der Waals surface area contributed by atoms with Gasteiger partial charge in [-0.3, -0.25) is 9.59 Å². The van der Waals surface area contributed by atoms with Crippen molar-refractivity contribution in [1.29, 1.82) is 4.35 Å². The van der Waals surface area contributed by atoms with E-state index >= 15 is 0 Å². The first-order chi connectivity index (χ1) is 45.4. The van der Waals surface area contributed by atoms with Crippen LogP contribution < -0.4 is 33.2 Å². The average Bonchev–Trinajstić information content (AvgIpc) is 0.806. The van der Waals surface area contributed by atoms with Crippen molar-refractivity contribution in [2.24, 2.45) is 5.41 Å². The van der Waals surface area contributed by atoms with Gasteiger partial charge in [0.2, 0.25) is 5.24 Å². The van der Waals surface area contributed by atoms with E-state index in [0.717, 1.165) is 91.2 Å². The first-order valence-electron chi connectivity index (χ1n) is 34.7. The van der Waals surface area contributed by atoms with Crippen LogP contribution in [0.15, 0.2) is 72.8 Å². The second-order valence-electron chi connectivity index (χ2n) is 33.9. The number of aliphatic hydroxyl groups excluding tert-OH is 1. The number of nitrogens with one attached hydrogen (secondary N) is 1. The van der Waals surface area contributed by atoms with E-state index in [1.54, 1.807) is 58.4 Å². The van der Waals surface area contributed by atoms with Crippen LogP contribution in [0, 0.1) is 9.76 Å². The normalized spacial score (nSPS) is 11.7. The first-order valence-corrected chi connectivity index (χ1v) is 35.6. The molecule has 4 rings (SSSR count). The fourth-order valence-corrected chi connectivity index (χ4v) is 9.51. The summed E-state index contributed by atoms with van der Waals surface area (Å²) in [5.74, 6) is 5.98. The number of rotatable bonds is 22. The molecular weight excluding hydrogens is 1310 g/mol. The summed E-state index contributed by atoms with van der Waals surface area (Å²) in [6.45, 7) is 69.7. The van der Waals surface area contributed by atoms with E-state index in [4.69, 9.17) is 63.7 Å². The van der Waals surface area contributed by atoms with Gasteiger partial charge >= 0.3 is 32.4 Å². The molecule has 0 atom stereocenters. The van der Waals surface area contributed by atoms with Crippen LogP contribution >= 0.6 is 11.6 Å². The molecule has 0 heterocycles. The Bertz CT molecular complexity index is 3230. The number of carbonyl (C=O) groups excluding carboxylic acids is 3. The van der Waals surface area contributed by atoms with Crippen LogP contribution in [0.5, 0.6) is 46.0 Å². The molecule has 0 saturated heterocycles. The van der Waals surface area contributed by atoms with Gasteiger partial charge in [0.25, 0.3) is 0 Å². The maximum atomic E-state index is 12.1. The quantitative estimate of drug-likeness (QED) is 0.0221. The zero-order valence-electron chi connectivity index (χ0n) is 68.9. The Morgan fingerprint density at radius 3 is 0.861 bits per heavy atom. The molecule has 0 aliphatic rings. The van der Waals surface area contributed by atoms with Crippen LogP contribution in [-0.2, 0) is 67.2 Å². The number of halogens is 1. The third-order valence-electron chi connectivity index (χ3n) is 15.9. The Morgan fingerprint density at radius 1 is 0.406 bits per heavy atom. The molecule has 15 nitrogen and oxygen atoms in total. The molecule has 0 aliphatic carbocycles. The zero-order chi connectivity index (χ0) is 78.7. The Hall–Kier alpha value is -5.98. The van der Waals surface area contributed by atoms with Crippen molar-refractivity contribution >= 4 is 53.3 Å². The number of hydrogen-bond donors (Lipinski definition) is 3. The fraction of sp³-hybridized carbons (Fsp3) is 0.627. The van der Waals surface area contributed by atoms with E-state index in [-0.39, 0.29) is 70.3 Å². The molecule has 0 saturated carbocycles. The summed E-state index contributed by atoms with van der Waals surface area (Å²) in [4.78, 5) is 33.3. The van der Waals surface area contributed by atoms with Gasteiger partial charge in [0.1, 0.15) is 46.0 Å². The molecule has 568 valence electrons. The number of hydrogen-bond acceptors (Lipinski definition) is 15. The molecule has 4 aromatic carbocycles. The molecule has 0 spiro atoms. The van der Waals surface area contributed by atoms with Crippen molar-refractivity contribution in [2.75, 3.05) is 68.1 Å². The van der Waals surface area contributed by atoms with Gasteiger partial charge < -0.3 is 52.8 Å². The van der Waals surface area contributed by atoms with E-state index in [1.165, 1.54) is 0 Å². The predicted molar refractivity (Wildman–Crippen MR) is 421 cm³/mol. The number of allylic oxidation sites excluding steroid dienone is 1. The molecular formula is C83H134AlBClNO14. The SMILES string of the molecule is C=C(C)C(=O)Cl.C=C(C)C(=O)OCCCOc1cc(C(C)(C)C)c(OC)cc1C(C)(C)C.CCC(C)(C)C(=O)OCCCOc1cc(C(C)(C)C)c(OC)cc1C(C)(C)C.COc1cc(C(C)(C)C)c(O)cc1C(C)(C)C.COc1cc(C(C)(C)C)c(OCCCO)cc1C(C)(C)C.[B].[NH]=[Al]. The van der Waals surface area contributed by atoms with Crippen molar-refractivity contribution in [2.45, 2.75) is 270 Å². The number of carbonyl (C=O) groups is 3. The Morgan fingerprint density at radius 2 is 0.634 bits per heavy atom. The van der Waals surface area contributed by atoms with Crippen LogP contribution in [-0.4, -0.2) is 120 Å². The minimum atomic E-state index is -0.463. The summed E-state index contributed by atoms with van der Waals surface area (Å²) in [6, 6.07) is 16.3.